The smallest absolute Gasteiger partial charge is 0.266 e. The van der Waals surface area contributed by atoms with Crippen molar-refractivity contribution in [1.29, 1.82) is 0 Å². The van der Waals surface area contributed by atoms with Gasteiger partial charge in [-0.25, -0.2) is 4.98 Å². The van der Waals surface area contributed by atoms with E-state index in [-0.39, 0.29) is 5.56 Å². The molecule has 7 heteroatoms. The molecule has 26 heavy (non-hydrogen) atoms. The molecule has 0 unspecified atom stereocenters. The highest BCUT2D eigenvalue weighted by Gasteiger charge is 2.15. The molecule has 0 N–H and O–H groups in total. The Kier molecular flexibility index (Phi) is 5.85. The van der Waals surface area contributed by atoms with Crippen LogP contribution in [0.4, 0.5) is 0 Å². The molecule has 0 bridgehead atoms. The van der Waals surface area contributed by atoms with Crippen LogP contribution in [0.5, 0.6) is 11.5 Å². The summed E-state index contributed by atoms with van der Waals surface area (Å²) in [5.41, 5.74) is 2.63. The van der Waals surface area contributed by atoms with Crippen molar-refractivity contribution in [2.24, 2.45) is 0 Å². The molecule has 2 aromatic carbocycles. The monoisotopic (exact) mass is 388 g/mol. The molecule has 3 rings (SSSR count). The lowest BCUT2D eigenvalue weighted by atomic mass is 10.2. The van der Waals surface area contributed by atoms with E-state index in [9.17, 15) is 4.79 Å². The van der Waals surface area contributed by atoms with Crippen molar-refractivity contribution in [3.63, 3.8) is 0 Å². The Hall–Kier alpha value is -2.44. The maximum absolute atomic E-state index is 13.1. The number of ether oxygens (including phenoxy) is 2. The van der Waals surface area contributed by atoms with Gasteiger partial charge < -0.3 is 9.47 Å². The third-order valence-corrected chi connectivity index (χ3v) is 4.84. The normalized spacial score (nSPS) is 11.2. The van der Waals surface area contributed by atoms with Crippen molar-refractivity contribution in [2.45, 2.75) is 5.16 Å². The average Bonchev–Trinajstić information content (AvgIpc) is 2.68. The zero-order valence-electron chi connectivity index (χ0n) is 14.3. The van der Waals surface area contributed by atoms with E-state index in [2.05, 4.69) is 4.98 Å². The lowest BCUT2D eigenvalue weighted by molar-refractivity contribution is 0.354. The predicted molar refractivity (Wildman–Crippen MR) is 106 cm³/mol. The van der Waals surface area contributed by atoms with Gasteiger partial charge in [0.1, 0.15) is 0 Å². The average molecular weight is 389 g/mol. The third-order valence-electron chi connectivity index (χ3n) is 3.77. The topological polar surface area (TPSA) is 53.4 Å². The van der Waals surface area contributed by atoms with E-state index in [4.69, 9.17) is 21.1 Å². The summed E-state index contributed by atoms with van der Waals surface area (Å²) in [7, 11) is 3.13. The SMILES string of the molecule is COc1ccc(-n2c(SC/C=C/Cl)nc3ccccc3c2=O)cc1OC. The van der Waals surface area contributed by atoms with Crippen LogP contribution in [0.2, 0.25) is 0 Å². The van der Waals surface area contributed by atoms with Crippen molar-refractivity contribution < 1.29 is 9.47 Å². The van der Waals surface area contributed by atoms with Gasteiger partial charge in [0.2, 0.25) is 0 Å². The number of para-hydroxylation sites is 1. The molecular formula is C19H17ClN2O3S. The second-order valence-corrected chi connectivity index (χ2v) is 6.50. The zero-order chi connectivity index (χ0) is 18.5. The van der Waals surface area contributed by atoms with E-state index in [1.807, 2.05) is 18.2 Å². The number of fused-ring (bicyclic) bond motifs is 1. The molecule has 0 aliphatic carbocycles. The summed E-state index contributed by atoms with van der Waals surface area (Å²) in [5, 5.41) is 1.13. The summed E-state index contributed by atoms with van der Waals surface area (Å²) in [6, 6.07) is 12.6. The molecule has 5 nitrogen and oxygen atoms in total. The molecule has 0 atom stereocenters. The summed E-state index contributed by atoms with van der Waals surface area (Å²) in [6.45, 7) is 0. The van der Waals surface area contributed by atoms with Crippen molar-refractivity contribution in [2.75, 3.05) is 20.0 Å². The van der Waals surface area contributed by atoms with Crippen LogP contribution in [0.25, 0.3) is 16.6 Å². The van der Waals surface area contributed by atoms with Gasteiger partial charge in [-0.3, -0.25) is 9.36 Å². The molecule has 0 saturated heterocycles. The first-order chi connectivity index (χ1) is 12.7. The van der Waals surface area contributed by atoms with E-state index < -0.39 is 0 Å². The van der Waals surface area contributed by atoms with E-state index in [1.54, 1.807) is 49.1 Å². The van der Waals surface area contributed by atoms with Gasteiger partial charge in [0.05, 0.1) is 30.8 Å². The number of nitrogens with zero attached hydrogens (tertiary/aromatic N) is 2. The number of methoxy groups -OCH3 is 2. The summed E-state index contributed by atoms with van der Waals surface area (Å²) in [5.74, 6) is 1.74. The van der Waals surface area contributed by atoms with Gasteiger partial charge in [-0.1, -0.05) is 41.6 Å². The molecule has 1 heterocycles. The minimum absolute atomic E-state index is 0.139. The maximum atomic E-state index is 13.1. The summed E-state index contributed by atoms with van der Waals surface area (Å²) in [4.78, 5) is 17.8. The summed E-state index contributed by atoms with van der Waals surface area (Å²) in [6.07, 6.45) is 1.80. The molecule has 0 amide bonds. The van der Waals surface area contributed by atoms with Crippen molar-refractivity contribution in [1.82, 2.24) is 9.55 Å². The molecule has 1 aromatic heterocycles. The molecule has 0 aliphatic rings. The number of halogens is 1. The minimum atomic E-state index is -0.139. The van der Waals surface area contributed by atoms with E-state index in [0.717, 1.165) is 0 Å². The summed E-state index contributed by atoms with van der Waals surface area (Å²) >= 11 is 7.04. The number of rotatable bonds is 6. The van der Waals surface area contributed by atoms with Crippen LogP contribution in [0, 0.1) is 0 Å². The van der Waals surface area contributed by atoms with Gasteiger partial charge in [-0.2, -0.15) is 0 Å². The zero-order valence-corrected chi connectivity index (χ0v) is 15.9. The Morgan fingerprint density at radius 1 is 1.15 bits per heavy atom. The first-order valence-corrected chi connectivity index (χ1v) is 9.24. The number of hydrogen-bond acceptors (Lipinski definition) is 5. The van der Waals surface area contributed by atoms with Gasteiger partial charge in [-0.15, -0.1) is 0 Å². The lowest BCUT2D eigenvalue weighted by Gasteiger charge is -2.15. The van der Waals surface area contributed by atoms with Gasteiger partial charge in [0.25, 0.3) is 5.56 Å². The highest BCUT2D eigenvalue weighted by Crippen LogP contribution is 2.30. The Labute approximate surface area is 160 Å². The molecule has 0 spiro atoms. The second-order valence-electron chi connectivity index (χ2n) is 5.26. The van der Waals surface area contributed by atoms with Crippen LogP contribution in [-0.2, 0) is 0 Å². The number of benzene rings is 2. The quantitative estimate of drug-likeness (QED) is 0.466. The molecular weight excluding hydrogens is 372 g/mol. The molecule has 0 aliphatic heterocycles. The van der Waals surface area contributed by atoms with E-state index >= 15 is 0 Å². The van der Waals surface area contributed by atoms with Gasteiger partial charge >= 0.3 is 0 Å². The first kappa shape index (κ1) is 18.4. The molecule has 3 aromatic rings. The Morgan fingerprint density at radius 2 is 1.92 bits per heavy atom. The lowest BCUT2D eigenvalue weighted by Crippen LogP contribution is -2.21. The first-order valence-electron chi connectivity index (χ1n) is 7.81. The van der Waals surface area contributed by atoms with Crippen LogP contribution in [0.15, 0.2) is 64.0 Å². The fourth-order valence-corrected chi connectivity index (χ4v) is 3.58. The largest absolute Gasteiger partial charge is 0.493 e. The number of aromatic nitrogens is 2. The van der Waals surface area contributed by atoms with E-state index in [0.29, 0.717) is 39.0 Å². The van der Waals surface area contributed by atoms with Crippen molar-refractivity contribution in [3.05, 3.63) is 64.4 Å². The van der Waals surface area contributed by atoms with Crippen LogP contribution < -0.4 is 15.0 Å². The number of hydrogen-bond donors (Lipinski definition) is 0. The van der Waals surface area contributed by atoms with E-state index in [1.165, 1.54) is 17.3 Å². The van der Waals surface area contributed by atoms with Gasteiger partial charge in [0, 0.05) is 17.4 Å². The molecule has 134 valence electrons. The fourth-order valence-electron chi connectivity index (χ4n) is 2.56. The van der Waals surface area contributed by atoms with Crippen LogP contribution >= 0.6 is 23.4 Å². The number of thioether (sulfide) groups is 1. The fraction of sp³-hybridized carbons (Fsp3) is 0.158. The Balaban J connectivity index is 2.24. The second kappa shape index (κ2) is 8.29. The highest BCUT2D eigenvalue weighted by atomic mass is 35.5. The maximum Gasteiger partial charge on any atom is 0.266 e. The molecule has 0 fully saturated rings. The standard InChI is InChI=1S/C19H17ClN2O3S/c1-24-16-9-8-13(12-17(16)25-2)22-18(23)14-6-3-4-7-15(14)21-19(22)26-11-5-10-20/h3-10,12H,11H2,1-2H3/b10-5+. The van der Waals surface area contributed by atoms with Crippen LogP contribution in [0.3, 0.4) is 0 Å². The molecule has 0 saturated carbocycles. The van der Waals surface area contributed by atoms with Crippen molar-refractivity contribution in [3.8, 4) is 17.2 Å². The van der Waals surface area contributed by atoms with Crippen LogP contribution in [0.1, 0.15) is 0 Å². The minimum Gasteiger partial charge on any atom is -0.493 e. The van der Waals surface area contributed by atoms with Crippen molar-refractivity contribution >= 4 is 34.3 Å². The Morgan fingerprint density at radius 3 is 2.65 bits per heavy atom. The molecule has 0 radical (unpaired) electrons. The summed E-state index contributed by atoms with van der Waals surface area (Å²) < 4.78 is 12.2. The van der Waals surface area contributed by atoms with Crippen LogP contribution in [-0.4, -0.2) is 29.5 Å². The van der Waals surface area contributed by atoms with Gasteiger partial charge in [0.15, 0.2) is 16.7 Å². The highest BCUT2D eigenvalue weighted by molar-refractivity contribution is 7.99. The predicted octanol–water partition coefficient (Wildman–Crippen LogP) is 4.25. The Bertz CT molecular complexity index is 1020. The van der Waals surface area contributed by atoms with Gasteiger partial charge in [-0.05, 0) is 24.3 Å². The third kappa shape index (κ3) is 3.57.